The van der Waals surface area contributed by atoms with E-state index in [0.29, 0.717) is 5.56 Å². The molecule has 4 nitrogen and oxygen atoms in total. The average Bonchev–Trinajstić information content (AvgIpc) is 3.22. The van der Waals surface area contributed by atoms with Crippen molar-refractivity contribution < 1.29 is 4.79 Å². The summed E-state index contributed by atoms with van der Waals surface area (Å²) < 4.78 is 4.32. The van der Waals surface area contributed by atoms with E-state index in [1.807, 2.05) is 48.5 Å². The molecule has 29 heavy (non-hydrogen) atoms. The molecule has 0 aliphatic heterocycles. The van der Waals surface area contributed by atoms with Crippen molar-refractivity contribution in [1.82, 2.24) is 9.13 Å². The van der Waals surface area contributed by atoms with Gasteiger partial charge in [-0.1, -0.05) is 12.1 Å². The Morgan fingerprint density at radius 1 is 0.655 bits per heavy atom. The molecule has 0 radical (unpaired) electrons. The summed E-state index contributed by atoms with van der Waals surface area (Å²) in [5, 5.41) is 3.04. The summed E-state index contributed by atoms with van der Waals surface area (Å²) in [5.74, 6) is -0.118. The standard InChI is InChI=1S/C25H25N3O/c1-17-11-12-18(2)27(17)23-9-5-7-21(15-23)25(29)26-22-8-6-10-24(16-22)28-19(3)13-14-20(28)4/h5-16H,1-4H3,(H,26,29). The van der Waals surface area contributed by atoms with Crippen molar-refractivity contribution in [3.63, 3.8) is 0 Å². The Morgan fingerprint density at radius 3 is 1.69 bits per heavy atom. The number of carbonyl (C=O) groups excluding carboxylic acids is 1. The van der Waals surface area contributed by atoms with E-state index in [-0.39, 0.29) is 5.91 Å². The van der Waals surface area contributed by atoms with E-state index >= 15 is 0 Å². The number of aromatic nitrogens is 2. The van der Waals surface area contributed by atoms with Crippen molar-refractivity contribution in [3.05, 3.63) is 101 Å². The van der Waals surface area contributed by atoms with Crippen LogP contribution in [0.4, 0.5) is 5.69 Å². The van der Waals surface area contributed by atoms with Crippen LogP contribution in [0.2, 0.25) is 0 Å². The first-order valence-electron chi connectivity index (χ1n) is 9.76. The predicted octanol–water partition coefficient (Wildman–Crippen LogP) is 5.75. The maximum Gasteiger partial charge on any atom is 0.255 e. The van der Waals surface area contributed by atoms with Gasteiger partial charge in [-0.25, -0.2) is 0 Å². The first kappa shape index (κ1) is 18.8. The number of rotatable bonds is 4. The molecule has 2 heterocycles. The topological polar surface area (TPSA) is 39.0 Å². The smallest absolute Gasteiger partial charge is 0.255 e. The minimum Gasteiger partial charge on any atom is -0.322 e. The molecule has 1 amide bonds. The van der Waals surface area contributed by atoms with Gasteiger partial charge in [-0.3, -0.25) is 4.79 Å². The second-order valence-corrected chi connectivity index (χ2v) is 7.46. The fraction of sp³-hybridized carbons (Fsp3) is 0.160. The van der Waals surface area contributed by atoms with Gasteiger partial charge in [-0.15, -0.1) is 0 Å². The van der Waals surface area contributed by atoms with Crippen LogP contribution < -0.4 is 5.32 Å². The summed E-state index contributed by atoms with van der Waals surface area (Å²) in [7, 11) is 0. The lowest BCUT2D eigenvalue weighted by atomic mass is 10.1. The maximum atomic E-state index is 12.9. The van der Waals surface area contributed by atoms with E-state index in [4.69, 9.17) is 0 Å². The SMILES string of the molecule is Cc1ccc(C)n1-c1cccc(NC(=O)c2cccc(-n3c(C)ccc3C)c2)c1. The summed E-state index contributed by atoms with van der Waals surface area (Å²) >= 11 is 0. The molecule has 0 fully saturated rings. The molecular formula is C25H25N3O. The third kappa shape index (κ3) is 3.61. The van der Waals surface area contributed by atoms with Crippen molar-refractivity contribution >= 4 is 11.6 Å². The van der Waals surface area contributed by atoms with Crippen molar-refractivity contribution in [3.8, 4) is 11.4 Å². The molecule has 0 spiro atoms. The van der Waals surface area contributed by atoms with Crippen LogP contribution in [0.25, 0.3) is 11.4 Å². The Kier molecular flexibility index (Phi) is 4.85. The average molecular weight is 383 g/mol. The number of benzene rings is 2. The van der Waals surface area contributed by atoms with Crippen molar-refractivity contribution in [2.45, 2.75) is 27.7 Å². The molecule has 0 aliphatic rings. The van der Waals surface area contributed by atoms with E-state index in [9.17, 15) is 4.79 Å². The quantitative estimate of drug-likeness (QED) is 0.478. The van der Waals surface area contributed by atoms with Gasteiger partial charge in [0.2, 0.25) is 0 Å². The van der Waals surface area contributed by atoms with Crippen LogP contribution in [0.5, 0.6) is 0 Å². The highest BCUT2D eigenvalue weighted by Gasteiger charge is 2.11. The molecule has 0 aliphatic carbocycles. The summed E-state index contributed by atoms with van der Waals surface area (Å²) in [6.45, 7) is 8.29. The van der Waals surface area contributed by atoms with Crippen LogP contribution in [0, 0.1) is 27.7 Å². The molecule has 2 aromatic heterocycles. The van der Waals surface area contributed by atoms with E-state index in [1.165, 1.54) is 0 Å². The first-order chi connectivity index (χ1) is 13.9. The number of aryl methyl sites for hydroxylation is 4. The van der Waals surface area contributed by atoms with E-state index in [2.05, 4.69) is 66.4 Å². The lowest BCUT2D eigenvalue weighted by Crippen LogP contribution is -2.13. The summed E-state index contributed by atoms with van der Waals surface area (Å²) in [6, 6.07) is 24.0. The largest absolute Gasteiger partial charge is 0.322 e. The minimum atomic E-state index is -0.118. The number of anilines is 1. The Balaban J connectivity index is 1.61. The third-order valence-electron chi connectivity index (χ3n) is 5.27. The fourth-order valence-electron chi connectivity index (χ4n) is 3.86. The van der Waals surface area contributed by atoms with Crippen LogP contribution in [0.3, 0.4) is 0 Å². The summed E-state index contributed by atoms with van der Waals surface area (Å²) in [5.41, 5.74) is 8.05. The highest BCUT2D eigenvalue weighted by Crippen LogP contribution is 2.21. The third-order valence-corrected chi connectivity index (χ3v) is 5.27. The number of nitrogens with zero attached hydrogens (tertiary/aromatic N) is 2. The predicted molar refractivity (Wildman–Crippen MR) is 118 cm³/mol. The van der Waals surface area contributed by atoms with Crippen molar-refractivity contribution in [2.24, 2.45) is 0 Å². The normalized spacial score (nSPS) is 10.9. The zero-order chi connectivity index (χ0) is 20.5. The lowest BCUT2D eigenvalue weighted by Gasteiger charge is -2.13. The molecule has 1 N–H and O–H groups in total. The Bertz CT molecular complexity index is 1160. The van der Waals surface area contributed by atoms with Crippen molar-refractivity contribution in [1.29, 1.82) is 0 Å². The van der Waals surface area contributed by atoms with Gasteiger partial charge in [0.1, 0.15) is 0 Å². The van der Waals surface area contributed by atoms with Crippen LogP contribution >= 0.6 is 0 Å². The van der Waals surface area contributed by atoms with Gasteiger partial charge < -0.3 is 14.5 Å². The summed E-state index contributed by atoms with van der Waals surface area (Å²) in [6.07, 6.45) is 0. The molecule has 4 aromatic rings. The van der Waals surface area contributed by atoms with Gasteiger partial charge >= 0.3 is 0 Å². The van der Waals surface area contributed by atoms with E-state index in [0.717, 1.165) is 39.8 Å². The number of amides is 1. The maximum absolute atomic E-state index is 12.9. The number of hydrogen-bond acceptors (Lipinski definition) is 1. The van der Waals surface area contributed by atoms with Crippen LogP contribution in [-0.4, -0.2) is 15.0 Å². The molecule has 4 rings (SSSR count). The molecule has 146 valence electrons. The zero-order valence-electron chi connectivity index (χ0n) is 17.2. The number of hydrogen-bond donors (Lipinski definition) is 1. The van der Waals surface area contributed by atoms with Gasteiger partial charge in [-0.2, -0.15) is 0 Å². The van der Waals surface area contributed by atoms with Gasteiger partial charge in [-0.05, 0) is 88.4 Å². The van der Waals surface area contributed by atoms with Gasteiger partial charge in [0, 0.05) is 45.4 Å². The van der Waals surface area contributed by atoms with Crippen LogP contribution in [0.1, 0.15) is 33.1 Å². The van der Waals surface area contributed by atoms with E-state index < -0.39 is 0 Å². The summed E-state index contributed by atoms with van der Waals surface area (Å²) in [4.78, 5) is 12.9. The second-order valence-electron chi connectivity index (χ2n) is 7.46. The molecule has 0 saturated heterocycles. The Morgan fingerprint density at radius 2 is 1.14 bits per heavy atom. The molecule has 0 unspecified atom stereocenters. The first-order valence-corrected chi connectivity index (χ1v) is 9.76. The molecule has 4 heteroatoms. The van der Waals surface area contributed by atoms with Gasteiger partial charge in [0.15, 0.2) is 0 Å². The van der Waals surface area contributed by atoms with E-state index in [1.54, 1.807) is 0 Å². The molecule has 0 bridgehead atoms. The number of nitrogens with one attached hydrogen (secondary N) is 1. The van der Waals surface area contributed by atoms with Crippen LogP contribution in [-0.2, 0) is 0 Å². The van der Waals surface area contributed by atoms with Crippen LogP contribution in [0.15, 0.2) is 72.8 Å². The van der Waals surface area contributed by atoms with Gasteiger partial charge in [0.05, 0.1) is 0 Å². The lowest BCUT2D eigenvalue weighted by molar-refractivity contribution is 0.102. The van der Waals surface area contributed by atoms with Gasteiger partial charge in [0.25, 0.3) is 5.91 Å². The Labute approximate surface area is 171 Å². The highest BCUT2D eigenvalue weighted by molar-refractivity contribution is 6.04. The van der Waals surface area contributed by atoms with Crippen molar-refractivity contribution in [2.75, 3.05) is 5.32 Å². The molecular weight excluding hydrogens is 358 g/mol. The number of carbonyl (C=O) groups is 1. The molecule has 0 saturated carbocycles. The molecule has 0 atom stereocenters. The fourth-order valence-corrected chi connectivity index (χ4v) is 3.86. The zero-order valence-corrected chi connectivity index (χ0v) is 17.2. The highest BCUT2D eigenvalue weighted by atomic mass is 16.1. The second kappa shape index (κ2) is 7.47. The Hall–Kier alpha value is -3.53. The molecule has 2 aromatic carbocycles. The minimum absolute atomic E-state index is 0.118. The monoisotopic (exact) mass is 383 g/mol.